The molecule has 0 aliphatic rings. The smallest absolute Gasteiger partial charge is 0.426 e. The van der Waals surface area contributed by atoms with Gasteiger partial charge in [0.2, 0.25) is 5.82 Å². The van der Waals surface area contributed by atoms with Gasteiger partial charge in [-0.15, -0.1) is 0 Å². The van der Waals surface area contributed by atoms with Gasteiger partial charge in [-0.3, -0.25) is 10.1 Å². The van der Waals surface area contributed by atoms with Crippen LogP contribution in [0.4, 0.5) is 21.1 Å². The lowest BCUT2D eigenvalue weighted by Crippen LogP contribution is -2.44. The summed E-state index contributed by atoms with van der Waals surface area (Å²) in [5.74, 6) is -0.482. The van der Waals surface area contributed by atoms with Crippen LogP contribution in [0.25, 0.3) is 11.3 Å². The van der Waals surface area contributed by atoms with E-state index in [0.717, 1.165) is 0 Å². The largest absolute Gasteiger partial charge is 0.443 e. The molecule has 0 N–H and O–H groups in total. The number of nitro groups is 1. The van der Waals surface area contributed by atoms with Crippen LogP contribution in [-0.2, 0) is 9.47 Å². The average Bonchev–Trinajstić information content (AvgIpc) is 2.59. The van der Waals surface area contributed by atoms with Crippen molar-refractivity contribution in [1.29, 1.82) is 0 Å². The number of amides is 2. The summed E-state index contributed by atoms with van der Waals surface area (Å²) in [4.78, 5) is 41.3. The molecule has 1 aromatic heterocycles. The van der Waals surface area contributed by atoms with Gasteiger partial charge in [-0.05, 0) is 47.6 Å². The van der Waals surface area contributed by atoms with Gasteiger partial charge >= 0.3 is 17.9 Å². The number of ether oxygens (including phenoxy) is 2. The first-order valence-corrected chi connectivity index (χ1v) is 9.25. The molecule has 0 saturated carbocycles. The molecule has 2 aromatic rings. The van der Waals surface area contributed by atoms with Gasteiger partial charge in [-0.25, -0.2) is 14.6 Å². The molecule has 0 fully saturated rings. The molecule has 0 bridgehead atoms. The molecule has 0 radical (unpaired) electrons. The third-order valence-electron chi connectivity index (χ3n) is 3.48. The average molecular weight is 415 g/mol. The minimum Gasteiger partial charge on any atom is -0.443 e. The van der Waals surface area contributed by atoms with Crippen LogP contribution >= 0.6 is 0 Å². The van der Waals surface area contributed by atoms with Crippen LogP contribution in [0.15, 0.2) is 42.5 Å². The summed E-state index contributed by atoms with van der Waals surface area (Å²) in [5, 5.41) is 11.6. The molecule has 9 heteroatoms. The van der Waals surface area contributed by atoms with E-state index in [9.17, 15) is 19.7 Å². The second-order valence-corrected chi connectivity index (χ2v) is 8.46. The molecule has 160 valence electrons. The number of pyridine rings is 1. The van der Waals surface area contributed by atoms with Gasteiger partial charge < -0.3 is 9.47 Å². The number of aromatic nitrogens is 1. The molecule has 9 nitrogen and oxygen atoms in total. The number of anilines is 1. The van der Waals surface area contributed by atoms with E-state index in [1.165, 1.54) is 12.1 Å². The number of carbonyl (C=O) groups excluding carboxylic acids is 2. The van der Waals surface area contributed by atoms with Crippen LogP contribution in [-0.4, -0.2) is 33.3 Å². The molecule has 0 unspecified atom stereocenters. The van der Waals surface area contributed by atoms with Crippen molar-refractivity contribution < 1.29 is 24.0 Å². The summed E-state index contributed by atoms with van der Waals surface area (Å²) < 4.78 is 10.6. The lowest BCUT2D eigenvalue weighted by molar-refractivity contribution is -0.384. The quantitative estimate of drug-likeness (QED) is 0.491. The number of benzene rings is 1. The maximum absolute atomic E-state index is 12.8. The predicted octanol–water partition coefficient (Wildman–Crippen LogP) is 5.33. The van der Waals surface area contributed by atoms with E-state index < -0.39 is 39.8 Å². The highest BCUT2D eigenvalue weighted by Crippen LogP contribution is 2.32. The molecular formula is C21H25N3O6. The number of carbonyl (C=O) groups is 2. The van der Waals surface area contributed by atoms with E-state index >= 15 is 0 Å². The topological polar surface area (TPSA) is 112 Å². The standard InChI is InChI=1S/C21H25N3O6/c1-20(2,3)29-18(25)23(19(26)30-21(4,5)6)17-16(24(27)28)13-12-15(22-17)14-10-8-7-9-11-14/h7-13H,1-6H3. The molecular weight excluding hydrogens is 390 g/mol. The van der Waals surface area contributed by atoms with Crippen LogP contribution in [0.2, 0.25) is 0 Å². The number of hydrogen-bond donors (Lipinski definition) is 0. The van der Waals surface area contributed by atoms with Crippen molar-refractivity contribution in [3.63, 3.8) is 0 Å². The fourth-order valence-corrected chi connectivity index (χ4v) is 2.38. The first-order valence-electron chi connectivity index (χ1n) is 9.25. The summed E-state index contributed by atoms with van der Waals surface area (Å²) in [6, 6.07) is 11.5. The van der Waals surface area contributed by atoms with Gasteiger partial charge in [0, 0.05) is 11.6 Å². The molecule has 1 aromatic carbocycles. The fraction of sp³-hybridized carbons (Fsp3) is 0.381. The van der Waals surface area contributed by atoms with Crippen LogP contribution < -0.4 is 4.90 Å². The Morgan fingerprint density at radius 3 is 1.83 bits per heavy atom. The highest BCUT2D eigenvalue weighted by atomic mass is 16.6. The van der Waals surface area contributed by atoms with E-state index in [1.54, 1.807) is 65.8 Å². The lowest BCUT2D eigenvalue weighted by Gasteiger charge is -2.28. The van der Waals surface area contributed by atoms with Crippen molar-refractivity contribution in [3.05, 3.63) is 52.6 Å². The first-order chi connectivity index (χ1) is 13.8. The van der Waals surface area contributed by atoms with E-state index in [1.807, 2.05) is 6.07 Å². The predicted molar refractivity (Wildman–Crippen MR) is 111 cm³/mol. The summed E-state index contributed by atoms with van der Waals surface area (Å²) in [5.41, 5.74) is -1.45. The minimum atomic E-state index is -1.13. The summed E-state index contributed by atoms with van der Waals surface area (Å²) in [6.45, 7) is 9.67. The summed E-state index contributed by atoms with van der Waals surface area (Å²) >= 11 is 0. The van der Waals surface area contributed by atoms with Crippen LogP contribution in [0.1, 0.15) is 41.5 Å². The number of rotatable bonds is 3. The fourth-order valence-electron chi connectivity index (χ4n) is 2.38. The van der Waals surface area contributed by atoms with Crippen molar-refractivity contribution in [2.75, 3.05) is 4.90 Å². The zero-order valence-corrected chi connectivity index (χ0v) is 17.8. The number of nitrogens with zero attached hydrogens (tertiary/aromatic N) is 3. The van der Waals surface area contributed by atoms with E-state index in [-0.39, 0.29) is 0 Å². The van der Waals surface area contributed by atoms with Crippen LogP contribution in [0.5, 0.6) is 0 Å². The first kappa shape index (κ1) is 22.8. The second kappa shape index (κ2) is 8.48. The SMILES string of the molecule is CC(C)(C)OC(=O)N(C(=O)OC(C)(C)C)c1nc(-c2ccccc2)ccc1[N+](=O)[O-]. The Kier molecular flexibility index (Phi) is 6.44. The molecule has 0 spiro atoms. The monoisotopic (exact) mass is 415 g/mol. The summed E-state index contributed by atoms with van der Waals surface area (Å²) in [7, 11) is 0. The minimum absolute atomic E-state index is 0.341. The third-order valence-corrected chi connectivity index (χ3v) is 3.48. The Bertz CT molecular complexity index is 917. The normalized spacial score (nSPS) is 11.5. The third kappa shape index (κ3) is 6.00. The van der Waals surface area contributed by atoms with Gasteiger partial charge in [0.25, 0.3) is 0 Å². The van der Waals surface area contributed by atoms with Crippen molar-refractivity contribution >= 4 is 23.7 Å². The van der Waals surface area contributed by atoms with Gasteiger partial charge in [-0.2, -0.15) is 4.90 Å². The zero-order valence-electron chi connectivity index (χ0n) is 17.8. The molecule has 2 rings (SSSR count). The summed E-state index contributed by atoms with van der Waals surface area (Å²) in [6.07, 6.45) is -2.25. The van der Waals surface area contributed by atoms with Crippen LogP contribution in [0, 0.1) is 10.1 Å². The molecule has 1 heterocycles. The van der Waals surface area contributed by atoms with Crippen molar-refractivity contribution in [3.8, 4) is 11.3 Å². The molecule has 0 aliphatic carbocycles. The van der Waals surface area contributed by atoms with E-state index in [0.29, 0.717) is 16.2 Å². The zero-order chi connectivity index (χ0) is 22.7. The van der Waals surface area contributed by atoms with Crippen molar-refractivity contribution in [2.24, 2.45) is 0 Å². The van der Waals surface area contributed by atoms with Gasteiger partial charge in [0.1, 0.15) is 11.2 Å². The number of imide groups is 1. The van der Waals surface area contributed by atoms with Crippen molar-refractivity contribution in [1.82, 2.24) is 4.98 Å². The second-order valence-electron chi connectivity index (χ2n) is 8.46. The molecule has 0 atom stereocenters. The molecule has 0 saturated heterocycles. The number of hydrogen-bond acceptors (Lipinski definition) is 7. The Hall–Kier alpha value is -3.49. The van der Waals surface area contributed by atoms with E-state index in [4.69, 9.17) is 9.47 Å². The highest BCUT2D eigenvalue weighted by molar-refractivity contribution is 6.10. The van der Waals surface area contributed by atoms with Gasteiger partial charge in [-0.1, -0.05) is 30.3 Å². The van der Waals surface area contributed by atoms with Gasteiger partial charge in [0.15, 0.2) is 0 Å². The lowest BCUT2D eigenvalue weighted by atomic mass is 10.1. The van der Waals surface area contributed by atoms with E-state index in [2.05, 4.69) is 4.98 Å². The highest BCUT2D eigenvalue weighted by Gasteiger charge is 2.38. The Balaban J connectivity index is 2.66. The maximum atomic E-state index is 12.8. The Morgan fingerprint density at radius 2 is 1.40 bits per heavy atom. The maximum Gasteiger partial charge on any atom is 0.426 e. The molecule has 0 aliphatic heterocycles. The van der Waals surface area contributed by atoms with Gasteiger partial charge in [0.05, 0.1) is 10.6 Å². The van der Waals surface area contributed by atoms with Crippen LogP contribution in [0.3, 0.4) is 0 Å². The Labute approximate surface area is 174 Å². The van der Waals surface area contributed by atoms with Crippen molar-refractivity contribution in [2.45, 2.75) is 52.7 Å². The molecule has 2 amide bonds. The molecule has 30 heavy (non-hydrogen) atoms. The Morgan fingerprint density at radius 1 is 0.900 bits per heavy atom.